The molecule has 4 rings (SSSR count). The van der Waals surface area contributed by atoms with Gasteiger partial charge in [-0.25, -0.2) is 9.78 Å². The lowest BCUT2D eigenvalue weighted by Crippen LogP contribution is -2.41. The number of urea groups is 1. The number of ether oxygens (including phenoxy) is 1. The molecule has 2 aliphatic heterocycles. The Hall–Kier alpha value is -2.12. The number of nitrogens with zero attached hydrogens (tertiary/aromatic N) is 4. The maximum Gasteiger partial charge on any atom is 0.320 e. The number of likely N-dealkylation sites (tertiary alicyclic amines) is 2. The van der Waals surface area contributed by atoms with E-state index in [1.807, 2.05) is 31.7 Å². The van der Waals surface area contributed by atoms with Crippen molar-refractivity contribution < 1.29 is 9.53 Å². The molecule has 2 fully saturated rings. The topological polar surface area (TPSA) is 48.9 Å². The van der Waals surface area contributed by atoms with Gasteiger partial charge in [-0.1, -0.05) is 12.1 Å². The summed E-state index contributed by atoms with van der Waals surface area (Å²) in [5.41, 5.74) is 4.22. The molecule has 3 atom stereocenters. The molecule has 0 radical (unpaired) electrons. The number of amides is 2. The van der Waals surface area contributed by atoms with Crippen LogP contribution in [0, 0.1) is 11.8 Å². The molecule has 27 heavy (non-hydrogen) atoms. The van der Waals surface area contributed by atoms with Gasteiger partial charge in [0, 0.05) is 51.6 Å². The third-order valence-corrected chi connectivity index (χ3v) is 6.33. The highest BCUT2D eigenvalue weighted by Gasteiger charge is 2.49. The van der Waals surface area contributed by atoms with Crippen LogP contribution in [0.1, 0.15) is 17.3 Å². The van der Waals surface area contributed by atoms with E-state index in [2.05, 4.69) is 32.3 Å². The molecule has 0 saturated carbocycles. The molecule has 1 aromatic carbocycles. The smallest absolute Gasteiger partial charge is 0.320 e. The molecule has 0 N–H and O–H groups in total. The van der Waals surface area contributed by atoms with E-state index in [4.69, 9.17) is 4.74 Å². The fraction of sp³-hybridized carbons (Fsp3) is 0.500. The minimum atomic E-state index is 0.0938. The number of hydrogen-bond donors (Lipinski definition) is 0. The number of methoxy groups -OCH3 is 1. The van der Waals surface area contributed by atoms with Crippen molar-refractivity contribution in [1.82, 2.24) is 19.7 Å². The molecule has 1 aromatic heterocycles. The summed E-state index contributed by atoms with van der Waals surface area (Å²) in [6, 6.07) is 8.38. The van der Waals surface area contributed by atoms with Crippen molar-refractivity contribution in [3.8, 4) is 5.75 Å². The number of thiazole rings is 1. The summed E-state index contributed by atoms with van der Waals surface area (Å²) in [7, 11) is 5.34. The lowest BCUT2D eigenvalue weighted by Gasteiger charge is -2.31. The average Bonchev–Trinajstić information content (AvgIpc) is 3.37. The molecule has 2 amide bonds. The molecule has 3 heterocycles. The minimum Gasteiger partial charge on any atom is -0.497 e. The van der Waals surface area contributed by atoms with Gasteiger partial charge in [0.25, 0.3) is 0 Å². The van der Waals surface area contributed by atoms with Crippen LogP contribution in [0.2, 0.25) is 0 Å². The summed E-state index contributed by atoms with van der Waals surface area (Å²) in [6.45, 7) is 3.72. The molecular weight excluding hydrogens is 360 g/mol. The third kappa shape index (κ3) is 3.53. The van der Waals surface area contributed by atoms with E-state index in [-0.39, 0.29) is 12.1 Å². The number of benzene rings is 1. The second-order valence-electron chi connectivity index (χ2n) is 7.65. The summed E-state index contributed by atoms with van der Waals surface area (Å²) >= 11 is 1.64. The molecule has 6 nitrogen and oxygen atoms in total. The normalized spacial score (nSPS) is 24.9. The molecule has 2 aromatic rings. The van der Waals surface area contributed by atoms with Crippen LogP contribution in [0.15, 0.2) is 35.2 Å². The van der Waals surface area contributed by atoms with E-state index < -0.39 is 0 Å². The van der Waals surface area contributed by atoms with E-state index in [0.29, 0.717) is 11.8 Å². The predicted molar refractivity (Wildman–Crippen MR) is 106 cm³/mol. The van der Waals surface area contributed by atoms with Gasteiger partial charge < -0.3 is 14.5 Å². The SMILES string of the molecule is COc1ccc([C@H]2[C@@H]3CN(Cc4cscn4)C[C@@H]3CN2C(=O)N(C)C)cc1. The Kier molecular flexibility index (Phi) is 5.06. The summed E-state index contributed by atoms with van der Waals surface area (Å²) < 4.78 is 5.30. The number of carbonyl (C=O) groups excluding carboxylic acids is 1. The van der Waals surface area contributed by atoms with Crippen molar-refractivity contribution in [2.75, 3.05) is 40.8 Å². The van der Waals surface area contributed by atoms with E-state index >= 15 is 0 Å². The molecular formula is C20H26N4O2S. The quantitative estimate of drug-likeness (QED) is 0.811. The predicted octanol–water partition coefficient (Wildman–Crippen LogP) is 2.94. The first kappa shape index (κ1) is 18.3. The zero-order valence-corrected chi connectivity index (χ0v) is 16.9. The van der Waals surface area contributed by atoms with Crippen molar-refractivity contribution in [3.63, 3.8) is 0 Å². The minimum absolute atomic E-state index is 0.0938. The molecule has 2 saturated heterocycles. The molecule has 0 spiro atoms. The van der Waals surface area contributed by atoms with Gasteiger partial charge in [0.15, 0.2) is 0 Å². The molecule has 7 heteroatoms. The Morgan fingerprint density at radius 2 is 2.04 bits per heavy atom. The molecule has 144 valence electrons. The summed E-state index contributed by atoms with van der Waals surface area (Å²) in [4.78, 5) is 23.5. The Morgan fingerprint density at radius 1 is 1.26 bits per heavy atom. The lowest BCUT2D eigenvalue weighted by molar-refractivity contribution is 0.151. The molecule has 2 aliphatic rings. The van der Waals surface area contributed by atoms with E-state index in [9.17, 15) is 4.79 Å². The summed E-state index contributed by atoms with van der Waals surface area (Å²) in [6.07, 6.45) is 0. The van der Waals surface area contributed by atoms with Crippen LogP contribution in [-0.2, 0) is 6.54 Å². The van der Waals surface area contributed by atoms with Gasteiger partial charge in [-0.3, -0.25) is 4.90 Å². The van der Waals surface area contributed by atoms with E-state index in [1.165, 1.54) is 5.56 Å². The monoisotopic (exact) mass is 386 g/mol. The number of hydrogen-bond acceptors (Lipinski definition) is 5. The fourth-order valence-corrected chi connectivity index (χ4v) is 5.04. The largest absolute Gasteiger partial charge is 0.497 e. The first-order valence-electron chi connectivity index (χ1n) is 9.28. The maximum atomic E-state index is 12.8. The Morgan fingerprint density at radius 3 is 2.67 bits per heavy atom. The first-order valence-corrected chi connectivity index (χ1v) is 10.2. The Balaban J connectivity index is 1.57. The van der Waals surface area contributed by atoms with Crippen LogP contribution in [-0.4, -0.2) is 66.6 Å². The number of rotatable bonds is 4. The third-order valence-electron chi connectivity index (χ3n) is 5.69. The molecule has 0 aliphatic carbocycles. The number of fused-ring (bicyclic) bond motifs is 1. The highest BCUT2D eigenvalue weighted by Crippen LogP contribution is 2.45. The maximum absolute atomic E-state index is 12.8. The summed E-state index contributed by atoms with van der Waals surface area (Å²) in [5, 5.41) is 2.12. The van der Waals surface area contributed by atoms with Crippen LogP contribution < -0.4 is 4.74 Å². The second-order valence-corrected chi connectivity index (χ2v) is 8.36. The highest BCUT2D eigenvalue weighted by atomic mass is 32.1. The van der Waals surface area contributed by atoms with Crippen LogP contribution in [0.4, 0.5) is 4.79 Å². The van der Waals surface area contributed by atoms with Gasteiger partial charge in [0.2, 0.25) is 0 Å². The second kappa shape index (κ2) is 7.48. The molecule has 0 unspecified atom stereocenters. The number of aromatic nitrogens is 1. The van der Waals surface area contributed by atoms with Crippen LogP contribution in [0.5, 0.6) is 5.75 Å². The van der Waals surface area contributed by atoms with Gasteiger partial charge in [0.05, 0.1) is 24.4 Å². The fourth-order valence-electron chi connectivity index (χ4n) is 4.49. The van der Waals surface area contributed by atoms with Crippen molar-refractivity contribution in [1.29, 1.82) is 0 Å². The molecule has 0 bridgehead atoms. The van der Waals surface area contributed by atoms with Crippen molar-refractivity contribution in [2.24, 2.45) is 11.8 Å². The van der Waals surface area contributed by atoms with Crippen molar-refractivity contribution >= 4 is 17.4 Å². The van der Waals surface area contributed by atoms with Gasteiger partial charge in [-0.05, 0) is 23.6 Å². The van der Waals surface area contributed by atoms with Crippen LogP contribution in [0.25, 0.3) is 0 Å². The van der Waals surface area contributed by atoms with Crippen molar-refractivity contribution in [3.05, 3.63) is 46.4 Å². The zero-order valence-electron chi connectivity index (χ0n) is 16.0. The van der Waals surface area contributed by atoms with Gasteiger partial charge in [-0.15, -0.1) is 11.3 Å². The van der Waals surface area contributed by atoms with Gasteiger partial charge in [-0.2, -0.15) is 0 Å². The van der Waals surface area contributed by atoms with Crippen molar-refractivity contribution in [2.45, 2.75) is 12.6 Å². The average molecular weight is 387 g/mol. The van der Waals surface area contributed by atoms with Gasteiger partial charge >= 0.3 is 6.03 Å². The first-order chi connectivity index (χ1) is 13.1. The zero-order chi connectivity index (χ0) is 19.0. The van der Waals surface area contributed by atoms with Crippen LogP contribution in [0.3, 0.4) is 0 Å². The Labute approximate surface area is 164 Å². The standard InChI is InChI=1S/C20H26N4O2S/c1-22(2)20(25)24-9-15-8-23(10-16-12-27-13-21-16)11-18(15)19(24)14-4-6-17(26-3)7-5-14/h4-7,12-13,15,18-19H,8-11H2,1-3H3/t15-,18-,19+/m1/s1. The lowest BCUT2D eigenvalue weighted by atomic mass is 9.89. The van der Waals surface area contributed by atoms with E-state index in [0.717, 1.165) is 37.6 Å². The van der Waals surface area contributed by atoms with E-state index in [1.54, 1.807) is 23.3 Å². The summed E-state index contributed by atoms with van der Waals surface area (Å²) in [5.74, 6) is 1.79. The van der Waals surface area contributed by atoms with Gasteiger partial charge in [0.1, 0.15) is 5.75 Å². The highest BCUT2D eigenvalue weighted by molar-refractivity contribution is 7.07. The van der Waals surface area contributed by atoms with Crippen LogP contribution >= 0.6 is 11.3 Å². The number of carbonyl (C=O) groups is 1. The Bertz CT molecular complexity index is 778.